The highest BCUT2D eigenvalue weighted by atomic mass is 16.5. The number of amides is 2. The number of morpholine rings is 1. The first-order valence-electron chi connectivity index (χ1n) is 8.57. The van der Waals surface area contributed by atoms with Crippen molar-refractivity contribution in [2.24, 2.45) is 11.7 Å². The number of carbonyl (C=O) groups excluding carboxylic acids is 2. The number of nitrogens with two attached hydrogens (primary N) is 1. The SMILES string of the molecule is Cc1cc(NC(=O)C2COCCN2CC2CCC2)ccc1C(N)=O. The third kappa shape index (κ3) is 3.76. The zero-order valence-corrected chi connectivity index (χ0v) is 14.1. The van der Waals surface area contributed by atoms with Crippen LogP contribution in [-0.4, -0.2) is 49.1 Å². The van der Waals surface area contributed by atoms with Gasteiger partial charge in [0.2, 0.25) is 11.8 Å². The highest BCUT2D eigenvalue weighted by Gasteiger charge is 2.32. The Kier molecular flexibility index (Phi) is 5.16. The van der Waals surface area contributed by atoms with Crippen molar-refractivity contribution in [1.82, 2.24) is 4.90 Å². The number of ether oxygens (including phenoxy) is 1. The third-order valence-corrected chi connectivity index (χ3v) is 5.02. The smallest absolute Gasteiger partial charge is 0.248 e. The minimum atomic E-state index is -0.460. The van der Waals surface area contributed by atoms with E-state index < -0.39 is 5.91 Å². The lowest BCUT2D eigenvalue weighted by Gasteiger charge is -2.39. The molecule has 3 rings (SSSR count). The van der Waals surface area contributed by atoms with E-state index >= 15 is 0 Å². The van der Waals surface area contributed by atoms with E-state index in [2.05, 4.69) is 10.2 Å². The van der Waals surface area contributed by atoms with Crippen LogP contribution in [0.25, 0.3) is 0 Å². The van der Waals surface area contributed by atoms with E-state index in [0.717, 1.165) is 24.6 Å². The molecule has 24 heavy (non-hydrogen) atoms. The lowest BCUT2D eigenvalue weighted by atomic mass is 9.84. The van der Waals surface area contributed by atoms with Gasteiger partial charge in [-0.1, -0.05) is 6.42 Å². The van der Waals surface area contributed by atoms with Gasteiger partial charge in [-0.2, -0.15) is 0 Å². The van der Waals surface area contributed by atoms with Gasteiger partial charge in [0.05, 0.1) is 13.2 Å². The fraction of sp³-hybridized carbons (Fsp3) is 0.556. The quantitative estimate of drug-likeness (QED) is 0.857. The van der Waals surface area contributed by atoms with Gasteiger partial charge in [0, 0.05) is 24.3 Å². The van der Waals surface area contributed by atoms with E-state index in [0.29, 0.717) is 24.5 Å². The maximum Gasteiger partial charge on any atom is 0.248 e. The molecule has 1 unspecified atom stereocenters. The summed E-state index contributed by atoms with van der Waals surface area (Å²) in [5.41, 5.74) is 7.22. The summed E-state index contributed by atoms with van der Waals surface area (Å²) in [7, 11) is 0. The average Bonchev–Trinajstić information content (AvgIpc) is 2.51. The Hall–Kier alpha value is -1.92. The Bertz CT molecular complexity index is 628. The van der Waals surface area contributed by atoms with Crippen LogP contribution in [0.15, 0.2) is 18.2 Å². The molecule has 1 saturated heterocycles. The average molecular weight is 331 g/mol. The number of hydrogen-bond acceptors (Lipinski definition) is 4. The number of hydrogen-bond donors (Lipinski definition) is 2. The first-order valence-corrected chi connectivity index (χ1v) is 8.57. The molecule has 130 valence electrons. The highest BCUT2D eigenvalue weighted by Crippen LogP contribution is 2.28. The monoisotopic (exact) mass is 331 g/mol. The Morgan fingerprint density at radius 1 is 1.38 bits per heavy atom. The molecule has 3 N–H and O–H groups in total. The molecule has 0 radical (unpaired) electrons. The van der Waals surface area contributed by atoms with Crippen LogP contribution in [0.4, 0.5) is 5.69 Å². The molecule has 1 saturated carbocycles. The lowest BCUT2D eigenvalue weighted by Crippen LogP contribution is -2.53. The van der Waals surface area contributed by atoms with Crippen molar-refractivity contribution in [2.75, 3.05) is 31.6 Å². The minimum absolute atomic E-state index is 0.0553. The Morgan fingerprint density at radius 2 is 2.17 bits per heavy atom. The van der Waals surface area contributed by atoms with Gasteiger partial charge in [-0.15, -0.1) is 0 Å². The molecule has 6 heteroatoms. The molecule has 0 bridgehead atoms. The summed E-state index contributed by atoms with van der Waals surface area (Å²) in [6.45, 7) is 4.69. The van der Waals surface area contributed by atoms with Crippen LogP contribution < -0.4 is 11.1 Å². The largest absolute Gasteiger partial charge is 0.378 e. The van der Waals surface area contributed by atoms with Gasteiger partial charge in [-0.25, -0.2) is 0 Å². The maximum absolute atomic E-state index is 12.7. The van der Waals surface area contributed by atoms with Gasteiger partial charge in [-0.05, 0) is 49.4 Å². The number of primary amides is 1. The molecular weight excluding hydrogens is 306 g/mol. The second kappa shape index (κ2) is 7.32. The third-order valence-electron chi connectivity index (χ3n) is 5.02. The fourth-order valence-corrected chi connectivity index (χ4v) is 3.35. The van der Waals surface area contributed by atoms with Crippen LogP contribution >= 0.6 is 0 Å². The van der Waals surface area contributed by atoms with Crippen molar-refractivity contribution in [3.05, 3.63) is 29.3 Å². The lowest BCUT2D eigenvalue weighted by molar-refractivity contribution is -0.128. The van der Waals surface area contributed by atoms with Crippen molar-refractivity contribution in [1.29, 1.82) is 0 Å². The molecule has 1 aromatic carbocycles. The molecule has 1 aliphatic heterocycles. The van der Waals surface area contributed by atoms with Gasteiger partial charge in [-0.3, -0.25) is 14.5 Å². The topological polar surface area (TPSA) is 84.7 Å². The van der Waals surface area contributed by atoms with Crippen LogP contribution in [0.1, 0.15) is 35.2 Å². The Labute approximate surface area is 142 Å². The predicted octanol–water partition coefficient (Wildman–Crippen LogP) is 1.53. The van der Waals surface area contributed by atoms with E-state index in [-0.39, 0.29) is 11.9 Å². The molecule has 1 atom stereocenters. The zero-order chi connectivity index (χ0) is 17.1. The first kappa shape index (κ1) is 16.9. The Balaban J connectivity index is 1.65. The van der Waals surface area contributed by atoms with E-state index in [9.17, 15) is 9.59 Å². The summed E-state index contributed by atoms with van der Waals surface area (Å²) in [5.74, 6) is 0.202. The molecule has 6 nitrogen and oxygen atoms in total. The van der Waals surface area contributed by atoms with Gasteiger partial charge < -0.3 is 15.8 Å². The summed E-state index contributed by atoms with van der Waals surface area (Å²) in [6.07, 6.45) is 3.83. The summed E-state index contributed by atoms with van der Waals surface area (Å²) in [4.78, 5) is 26.2. The van der Waals surface area contributed by atoms with E-state index in [4.69, 9.17) is 10.5 Å². The normalized spacial score (nSPS) is 22.0. The number of rotatable bonds is 5. The number of benzene rings is 1. The van der Waals surface area contributed by atoms with Crippen molar-refractivity contribution in [2.45, 2.75) is 32.2 Å². The molecule has 1 heterocycles. The van der Waals surface area contributed by atoms with Gasteiger partial charge in [0.1, 0.15) is 6.04 Å². The number of nitrogens with zero attached hydrogens (tertiary/aromatic N) is 1. The summed E-state index contributed by atoms with van der Waals surface area (Å²) in [5, 5.41) is 2.95. The van der Waals surface area contributed by atoms with Crippen LogP contribution in [-0.2, 0) is 9.53 Å². The van der Waals surface area contributed by atoms with Crippen molar-refractivity contribution >= 4 is 17.5 Å². The second-order valence-electron chi connectivity index (χ2n) is 6.77. The van der Waals surface area contributed by atoms with E-state index in [1.165, 1.54) is 19.3 Å². The van der Waals surface area contributed by atoms with Crippen molar-refractivity contribution in [3.8, 4) is 0 Å². The van der Waals surface area contributed by atoms with Gasteiger partial charge in [0.25, 0.3) is 0 Å². The summed E-state index contributed by atoms with van der Waals surface area (Å²) in [6, 6.07) is 4.88. The molecule has 1 aliphatic carbocycles. The standard InChI is InChI=1S/C18H25N3O3/c1-12-9-14(5-6-15(12)17(19)22)20-18(23)16-11-24-8-7-21(16)10-13-3-2-4-13/h5-6,9,13,16H,2-4,7-8,10-11H2,1H3,(H2,19,22)(H,20,23). The zero-order valence-electron chi connectivity index (χ0n) is 14.1. The highest BCUT2D eigenvalue weighted by molar-refractivity contribution is 5.97. The van der Waals surface area contributed by atoms with Crippen LogP contribution in [0.3, 0.4) is 0 Å². The summed E-state index contributed by atoms with van der Waals surface area (Å²) >= 11 is 0. The van der Waals surface area contributed by atoms with Crippen LogP contribution in [0, 0.1) is 12.8 Å². The molecule has 2 fully saturated rings. The predicted molar refractivity (Wildman–Crippen MR) is 91.8 cm³/mol. The minimum Gasteiger partial charge on any atom is -0.378 e. The van der Waals surface area contributed by atoms with Crippen molar-refractivity contribution < 1.29 is 14.3 Å². The van der Waals surface area contributed by atoms with E-state index in [1.807, 2.05) is 6.92 Å². The Morgan fingerprint density at radius 3 is 2.79 bits per heavy atom. The van der Waals surface area contributed by atoms with E-state index in [1.54, 1.807) is 18.2 Å². The van der Waals surface area contributed by atoms with Crippen LogP contribution in [0.2, 0.25) is 0 Å². The molecular formula is C18H25N3O3. The summed E-state index contributed by atoms with van der Waals surface area (Å²) < 4.78 is 5.52. The maximum atomic E-state index is 12.7. The molecule has 0 spiro atoms. The number of nitrogens with one attached hydrogen (secondary N) is 1. The molecule has 1 aromatic rings. The second-order valence-corrected chi connectivity index (χ2v) is 6.77. The molecule has 0 aromatic heterocycles. The number of anilines is 1. The van der Waals surface area contributed by atoms with Gasteiger partial charge >= 0.3 is 0 Å². The van der Waals surface area contributed by atoms with Gasteiger partial charge in [0.15, 0.2) is 0 Å². The number of carbonyl (C=O) groups is 2. The molecule has 2 amide bonds. The van der Waals surface area contributed by atoms with Crippen molar-refractivity contribution in [3.63, 3.8) is 0 Å². The number of aryl methyl sites for hydroxylation is 1. The fourth-order valence-electron chi connectivity index (χ4n) is 3.35. The molecule has 2 aliphatic rings. The first-order chi connectivity index (χ1) is 11.5. The van der Waals surface area contributed by atoms with Crippen LogP contribution in [0.5, 0.6) is 0 Å².